The highest BCUT2D eigenvalue weighted by atomic mass is 16.5. The van der Waals surface area contributed by atoms with Crippen molar-refractivity contribution in [3.05, 3.63) is 76.3 Å². The molecule has 0 fully saturated rings. The normalized spacial score (nSPS) is 11.3. The third-order valence-corrected chi connectivity index (χ3v) is 4.87. The van der Waals surface area contributed by atoms with Crippen molar-refractivity contribution in [2.24, 2.45) is 0 Å². The predicted molar refractivity (Wildman–Crippen MR) is 112 cm³/mol. The highest BCUT2D eigenvalue weighted by Crippen LogP contribution is 2.45. The number of fused-ring (bicyclic) bond motifs is 1. The summed E-state index contributed by atoms with van der Waals surface area (Å²) in [4.78, 5) is 14.8. The van der Waals surface area contributed by atoms with Crippen molar-refractivity contribution in [2.45, 2.75) is 13.1 Å². The zero-order valence-corrected chi connectivity index (χ0v) is 16.6. The van der Waals surface area contributed by atoms with Crippen molar-refractivity contribution in [3.63, 3.8) is 0 Å². The number of hydrogen-bond donors (Lipinski definition) is 2. The molecular weight excluding hydrogens is 386 g/mol. The van der Waals surface area contributed by atoms with Crippen LogP contribution in [0, 0.1) is 0 Å². The van der Waals surface area contributed by atoms with Gasteiger partial charge in [0, 0.05) is 18.2 Å². The first-order chi connectivity index (χ1) is 14.5. The zero-order chi connectivity index (χ0) is 21.3. The Morgan fingerprint density at radius 3 is 2.47 bits per heavy atom. The van der Waals surface area contributed by atoms with Crippen LogP contribution in [0.4, 0.5) is 0 Å². The first-order valence-electron chi connectivity index (χ1n) is 9.34. The monoisotopic (exact) mass is 407 g/mol. The second-order valence-electron chi connectivity index (χ2n) is 7.01. The van der Waals surface area contributed by atoms with Gasteiger partial charge in [0.15, 0.2) is 22.5 Å². The van der Waals surface area contributed by atoms with E-state index in [-0.39, 0.29) is 29.0 Å². The van der Waals surface area contributed by atoms with Crippen molar-refractivity contribution in [1.29, 1.82) is 0 Å². The smallest absolute Gasteiger partial charge is 0.204 e. The molecule has 0 aliphatic heterocycles. The summed E-state index contributed by atoms with van der Waals surface area (Å²) in [6, 6.07) is 14.1. The molecule has 0 bridgehead atoms. The van der Waals surface area contributed by atoms with Gasteiger partial charge in [-0.3, -0.25) is 9.69 Å². The summed E-state index contributed by atoms with van der Waals surface area (Å²) >= 11 is 0. The lowest BCUT2D eigenvalue weighted by Gasteiger charge is -2.19. The van der Waals surface area contributed by atoms with Gasteiger partial charge >= 0.3 is 0 Å². The maximum atomic E-state index is 12.9. The topological polar surface area (TPSA) is 96.3 Å². The Balaban J connectivity index is 1.89. The van der Waals surface area contributed by atoms with Crippen LogP contribution < -0.4 is 10.2 Å². The molecule has 154 valence electrons. The van der Waals surface area contributed by atoms with Gasteiger partial charge in [-0.15, -0.1) is 0 Å². The maximum Gasteiger partial charge on any atom is 0.204 e. The minimum absolute atomic E-state index is 0.0364. The highest BCUT2D eigenvalue weighted by molar-refractivity contribution is 5.92. The van der Waals surface area contributed by atoms with Crippen LogP contribution in [0.2, 0.25) is 0 Å². The third kappa shape index (κ3) is 3.51. The summed E-state index contributed by atoms with van der Waals surface area (Å²) in [6.45, 7) is 0.695. The third-order valence-electron chi connectivity index (χ3n) is 4.87. The van der Waals surface area contributed by atoms with Crippen LogP contribution in [0.25, 0.3) is 22.3 Å². The van der Waals surface area contributed by atoms with Gasteiger partial charge < -0.3 is 23.8 Å². The van der Waals surface area contributed by atoms with Crippen LogP contribution in [0.3, 0.4) is 0 Å². The number of aromatic hydroxyl groups is 2. The van der Waals surface area contributed by atoms with Gasteiger partial charge in [0.1, 0.15) is 16.9 Å². The lowest BCUT2D eigenvalue weighted by atomic mass is 10.0. The molecule has 0 atom stereocenters. The van der Waals surface area contributed by atoms with Crippen molar-refractivity contribution in [2.75, 3.05) is 14.2 Å². The number of furan rings is 1. The van der Waals surface area contributed by atoms with E-state index in [1.54, 1.807) is 12.3 Å². The number of methoxy groups -OCH3 is 1. The quantitative estimate of drug-likeness (QED) is 0.497. The van der Waals surface area contributed by atoms with Crippen LogP contribution >= 0.6 is 0 Å². The minimum atomic E-state index is -0.448. The number of rotatable bonds is 6. The second kappa shape index (κ2) is 7.96. The lowest BCUT2D eigenvalue weighted by molar-refractivity contribution is 0.280. The molecule has 2 aromatic heterocycles. The van der Waals surface area contributed by atoms with E-state index in [1.807, 2.05) is 48.3 Å². The van der Waals surface area contributed by atoms with Gasteiger partial charge in [-0.1, -0.05) is 30.3 Å². The Morgan fingerprint density at radius 2 is 1.80 bits per heavy atom. The molecule has 30 heavy (non-hydrogen) atoms. The molecule has 0 spiro atoms. The molecule has 0 aliphatic rings. The summed E-state index contributed by atoms with van der Waals surface area (Å²) in [5.41, 5.74) is 0.731. The van der Waals surface area contributed by atoms with E-state index >= 15 is 0 Å². The second-order valence-corrected chi connectivity index (χ2v) is 7.01. The Bertz CT molecular complexity index is 1230. The molecule has 0 saturated heterocycles. The zero-order valence-electron chi connectivity index (χ0n) is 16.6. The molecule has 2 N–H and O–H groups in total. The Kier molecular flexibility index (Phi) is 5.20. The van der Waals surface area contributed by atoms with E-state index in [4.69, 9.17) is 13.6 Å². The van der Waals surface area contributed by atoms with Gasteiger partial charge in [-0.25, -0.2) is 0 Å². The van der Waals surface area contributed by atoms with Crippen LogP contribution in [0.5, 0.6) is 17.2 Å². The van der Waals surface area contributed by atoms with Crippen molar-refractivity contribution in [1.82, 2.24) is 4.90 Å². The number of benzene rings is 2. The first kappa shape index (κ1) is 19.6. The van der Waals surface area contributed by atoms with Crippen molar-refractivity contribution in [3.8, 4) is 28.6 Å². The van der Waals surface area contributed by atoms with E-state index in [0.29, 0.717) is 23.4 Å². The molecule has 2 heterocycles. The van der Waals surface area contributed by atoms with E-state index in [2.05, 4.69) is 0 Å². The van der Waals surface area contributed by atoms with E-state index in [1.165, 1.54) is 13.2 Å². The maximum absolute atomic E-state index is 12.9. The van der Waals surface area contributed by atoms with E-state index < -0.39 is 11.2 Å². The van der Waals surface area contributed by atoms with Crippen LogP contribution in [0.15, 0.2) is 68.4 Å². The number of nitrogens with zero attached hydrogens (tertiary/aromatic N) is 1. The lowest BCUT2D eigenvalue weighted by Crippen LogP contribution is -2.18. The first-order valence-corrected chi connectivity index (χ1v) is 9.34. The number of phenolic OH excluding ortho intramolecular Hbond substituents is 2. The Hall–Kier alpha value is -3.71. The summed E-state index contributed by atoms with van der Waals surface area (Å²) < 4.78 is 16.6. The van der Waals surface area contributed by atoms with E-state index in [9.17, 15) is 15.0 Å². The molecule has 0 saturated carbocycles. The number of hydrogen-bond acceptors (Lipinski definition) is 7. The number of ether oxygens (including phenoxy) is 1. The largest absolute Gasteiger partial charge is 0.504 e. The average Bonchev–Trinajstić information content (AvgIpc) is 3.24. The Morgan fingerprint density at radius 1 is 1.03 bits per heavy atom. The van der Waals surface area contributed by atoms with Gasteiger partial charge in [0.05, 0.1) is 25.5 Å². The molecule has 0 aliphatic carbocycles. The summed E-state index contributed by atoms with van der Waals surface area (Å²) in [6.07, 6.45) is 1.59. The van der Waals surface area contributed by atoms with Crippen LogP contribution in [-0.4, -0.2) is 29.3 Å². The molecule has 4 aromatic rings. The molecule has 4 rings (SSSR count). The summed E-state index contributed by atoms with van der Waals surface area (Å²) in [5.74, 6) is 0.201. The molecule has 0 radical (unpaired) electrons. The Labute approximate surface area is 172 Å². The molecular formula is C23H21NO6. The SMILES string of the molecule is COc1c(O)c(CN(C)Cc2ccco2)c2oc(-c3ccccc3)cc(=O)c2c1O. The molecule has 2 aromatic carbocycles. The molecule has 7 heteroatoms. The number of phenols is 2. The highest BCUT2D eigenvalue weighted by Gasteiger charge is 2.25. The summed E-state index contributed by atoms with van der Waals surface area (Å²) in [5, 5.41) is 21.3. The fourth-order valence-corrected chi connectivity index (χ4v) is 3.48. The molecule has 0 unspecified atom stereocenters. The standard InChI is InChI=1S/C23H21NO6/c1-24(12-15-9-6-10-29-15)13-16-20(26)23(28-2)21(27)19-17(25)11-18(30-22(16)19)14-7-4-3-5-8-14/h3-11,26-27H,12-13H2,1-2H3. The molecule has 7 nitrogen and oxygen atoms in total. The van der Waals surface area contributed by atoms with Crippen molar-refractivity contribution < 1.29 is 23.8 Å². The van der Waals surface area contributed by atoms with Gasteiger partial charge in [-0.2, -0.15) is 0 Å². The van der Waals surface area contributed by atoms with Gasteiger partial charge in [0.2, 0.25) is 5.75 Å². The fourth-order valence-electron chi connectivity index (χ4n) is 3.48. The fraction of sp³-hybridized carbons (Fsp3) is 0.174. The van der Waals surface area contributed by atoms with Crippen LogP contribution in [-0.2, 0) is 13.1 Å². The average molecular weight is 407 g/mol. The van der Waals surface area contributed by atoms with Gasteiger partial charge in [-0.05, 0) is 19.2 Å². The van der Waals surface area contributed by atoms with Gasteiger partial charge in [0.25, 0.3) is 0 Å². The van der Waals surface area contributed by atoms with Crippen molar-refractivity contribution >= 4 is 11.0 Å². The predicted octanol–water partition coefficient (Wildman–Crippen LogP) is 4.10. The van der Waals surface area contributed by atoms with E-state index in [0.717, 1.165) is 5.76 Å². The minimum Gasteiger partial charge on any atom is -0.504 e. The molecule has 0 amide bonds. The van der Waals surface area contributed by atoms with Crippen LogP contribution in [0.1, 0.15) is 11.3 Å². The summed E-state index contributed by atoms with van der Waals surface area (Å²) in [7, 11) is 3.16.